The molecule has 0 saturated heterocycles. The molecule has 0 aliphatic heterocycles. The molecular weight excluding hydrogens is 316 g/mol. The zero-order valence-electron chi connectivity index (χ0n) is 14.8. The summed E-state index contributed by atoms with van der Waals surface area (Å²) >= 11 is 0. The van der Waals surface area contributed by atoms with Crippen LogP contribution >= 0.6 is 0 Å². The van der Waals surface area contributed by atoms with Crippen LogP contribution in [0.4, 0.5) is 0 Å². The molecule has 7 heteroatoms. The first kappa shape index (κ1) is 22.5. The molecule has 0 atom stereocenters. The molecule has 0 spiro atoms. The molecule has 0 amide bonds. The van der Waals surface area contributed by atoms with Crippen molar-refractivity contribution in [2.45, 2.75) is 58.9 Å². The van der Waals surface area contributed by atoms with Gasteiger partial charge in [0.1, 0.15) is 0 Å². The van der Waals surface area contributed by atoms with Crippen molar-refractivity contribution in [3.8, 4) is 0 Å². The Morgan fingerprint density at radius 2 is 1.00 bits per heavy atom. The van der Waals surface area contributed by atoms with E-state index >= 15 is 0 Å². The highest BCUT2D eigenvalue weighted by atomic mass is 28.4. The molecule has 0 aliphatic rings. The maximum atomic E-state index is 9.39. The molecule has 0 aliphatic carbocycles. The highest BCUT2D eigenvalue weighted by molar-refractivity contribution is 6.87. The van der Waals surface area contributed by atoms with Gasteiger partial charge < -0.3 is 13.0 Å². The summed E-state index contributed by atoms with van der Waals surface area (Å²) in [4.78, 5) is 9.39. The van der Waals surface area contributed by atoms with E-state index in [4.69, 9.17) is 8.23 Å². The molecule has 0 unspecified atom stereocenters. The Hall–Kier alpha value is 0.228. The predicted octanol–water partition coefficient (Wildman–Crippen LogP) is 4.40. The molecule has 3 nitrogen and oxygen atoms in total. The zero-order chi connectivity index (χ0) is 16.8. The Morgan fingerprint density at radius 1 is 0.700 bits per heavy atom. The molecule has 0 radical (unpaired) electrons. The van der Waals surface area contributed by atoms with E-state index in [0.29, 0.717) is 0 Å². The van der Waals surface area contributed by atoms with Gasteiger partial charge in [-0.1, -0.05) is 11.4 Å². The van der Waals surface area contributed by atoms with E-state index in [-0.39, 0.29) is 0 Å². The summed E-state index contributed by atoms with van der Waals surface area (Å²) in [5.41, 5.74) is 3.82. The lowest BCUT2D eigenvalue weighted by Gasteiger charge is -2.28. The fraction of sp³-hybridized carbons (Fsp3) is 0.692. The third-order valence-electron chi connectivity index (χ3n) is 2.07. The molecule has 0 aromatic rings. The van der Waals surface area contributed by atoms with E-state index in [1.165, 1.54) is 0 Å². The molecule has 0 bridgehead atoms. The second kappa shape index (κ2) is 8.02. The van der Waals surface area contributed by atoms with Gasteiger partial charge in [0.2, 0.25) is 0 Å². The number of hydrogen-bond donors (Lipinski definition) is 1. The van der Waals surface area contributed by atoms with Crippen LogP contribution in [0.5, 0.6) is 0 Å². The summed E-state index contributed by atoms with van der Waals surface area (Å²) < 4.78 is 11.4. The Kier molecular flexibility index (Phi) is 9.02. The van der Waals surface area contributed by atoms with E-state index in [0.717, 1.165) is 0 Å². The molecule has 0 fully saturated rings. The molecule has 0 rings (SSSR count). The second-order valence-electron chi connectivity index (χ2n) is 7.38. The second-order valence-corrected chi connectivity index (χ2v) is 23.4. The summed E-state index contributed by atoms with van der Waals surface area (Å²) in [5.74, 6) is 0. The maximum absolute atomic E-state index is 9.39. The van der Waals surface area contributed by atoms with Gasteiger partial charge in [0.05, 0.1) is 0 Å². The average Bonchev–Trinajstić information content (AvgIpc) is 2.11. The third-order valence-corrected chi connectivity index (χ3v) is 12.7. The van der Waals surface area contributed by atoms with Crippen molar-refractivity contribution in [3.05, 3.63) is 24.6 Å². The lowest BCUT2D eigenvalue weighted by Crippen LogP contribution is -2.43. The standard InChI is InChI=1S/C7H18OSi2.C6H16O2Si2/c1-7-10(5,6)8-9(2,3)4;1-6-9(2,3)8-10(4,5)7/h7H,1H2,2-6H3;6-7H,1H2,2-5H3. The average molecular weight is 351 g/mol. The minimum Gasteiger partial charge on any atom is -0.453 e. The van der Waals surface area contributed by atoms with E-state index in [9.17, 15) is 4.80 Å². The van der Waals surface area contributed by atoms with Crippen LogP contribution in [0.3, 0.4) is 0 Å². The molecule has 0 aromatic carbocycles. The summed E-state index contributed by atoms with van der Waals surface area (Å²) in [7, 11) is -6.87. The van der Waals surface area contributed by atoms with Gasteiger partial charge in [-0.05, 0) is 58.9 Å². The zero-order valence-corrected chi connectivity index (χ0v) is 18.8. The normalized spacial score (nSPS) is 13.3. The van der Waals surface area contributed by atoms with Crippen LogP contribution in [0.25, 0.3) is 0 Å². The van der Waals surface area contributed by atoms with Gasteiger partial charge in [0.15, 0.2) is 25.0 Å². The van der Waals surface area contributed by atoms with E-state index < -0.39 is 33.5 Å². The molecule has 1 N–H and O–H groups in total. The van der Waals surface area contributed by atoms with E-state index in [2.05, 4.69) is 45.9 Å². The van der Waals surface area contributed by atoms with Crippen molar-refractivity contribution in [2.24, 2.45) is 0 Å². The topological polar surface area (TPSA) is 38.7 Å². The van der Waals surface area contributed by atoms with Gasteiger partial charge >= 0.3 is 8.56 Å². The monoisotopic (exact) mass is 350 g/mol. The minimum absolute atomic E-state index is 1.32. The van der Waals surface area contributed by atoms with Crippen LogP contribution in [0.2, 0.25) is 58.9 Å². The highest BCUT2D eigenvalue weighted by Crippen LogP contribution is 2.14. The summed E-state index contributed by atoms with van der Waals surface area (Å²) in [6.45, 7) is 26.0. The molecular formula is C13H34O3Si4. The van der Waals surface area contributed by atoms with E-state index in [1.807, 2.05) is 24.5 Å². The van der Waals surface area contributed by atoms with Crippen molar-refractivity contribution in [1.29, 1.82) is 0 Å². The minimum atomic E-state index is -2.32. The molecule has 0 heterocycles. The summed E-state index contributed by atoms with van der Waals surface area (Å²) in [5, 5.41) is 0. The molecule has 0 aromatic heterocycles. The van der Waals surface area contributed by atoms with Crippen molar-refractivity contribution < 1.29 is 13.0 Å². The fourth-order valence-electron chi connectivity index (χ4n) is 1.52. The lowest BCUT2D eigenvalue weighted by atomic mass is 11.3. The van der Waals surface area contributed by atoms with Crippen molar-refractivity contribution in [2.75, 3.05) is 0 Å². The van der Waals surface area contributed by atoms with Crippen molar-refractivity contribution in [3.63, 3.8) is 0 Å². The van der Waals surface area contributed by atoms with Crippen LogP contribution in [-0.2, 0) is 8.23 Å². The highest BCUT2D eigenvalue weighted by Gasteiger charge is 2.29. The SMILES string of the molecule is C=C[Si](C)(C)O[Si](C)(C)C.C=C[Si](C)(C)O[Si](C)(C)O. The van der Waals surface area contributed by atoms with Gasteiger partial charge in [-0.25, -0.2) is 0 Å². The Morgan fingerprint density at radius 3 is 1.10 bits per heavy atom. The third kappa shape index (κ3) is 16.3. The lowest BCUT2D eigenvalue weighted by molar-refractivity contribution is 0.391. The Labute approximate surface area is 130 Å². The van der Waals surface area contributed by atoms with Crippen LogP contribution in [0.1, 0.15) is 0 Å². The van der Waals surface area contributed by atoms with Crippen LogP contribution in [0, 0.1) is 0 Å². The van der Waals surface area contributed by atoms with Crippen LogP contribution < -0.4 is 0 Å². The summed E-state index contributed by atoms with van der Waals surface area (Å²) in [6, 6.07) is 0. The smallest absolute Gasteiger partial charge is 0.318 e. The van der Waals surface area contributed by atoms with Gasteiger partial charge in [0, 0.05) is 0 Å². The molecule has 120 valence electrons. The van der Waals surface area contributed by atoms with Crippen LogP contribution in [0.15, 0.2) is 24.6 Å². The van der Waals surface area contributed by atoms with Gasteiger partial charge in [0.25, 0.3) is 0 Å². The van der Waals surface area contributed by atoms with Gasteiger partial charge in [-0.15, -0.1) is 13.2 Å². The predicted molar refractivity (Wildman–Crippen MR) is 101 cm³/mol. The summed E-state index contributed by atoms with van der Waals surface area (Å²) in [6.07, 6.45) is 0. The first-order valence-electron chi connectivity index (χ1n) is 6.93. The fourth-order valence-corrected chi connectivity index (χ4v) is 13.6. The quantitative estimate of drug-likeness (QED) is 0.722. The van der Waals surface area contributed by atoms with Gasteiger partial charge in [-0.3, -0.25) is 0 Å². The largest absolute Gasteiger partial charge is 0.453 e. The number of rotatable bonds is 6. The van der Waals surface area contributed by atoms with Crippen molar-refractivity contribution in [1.82, 2.24) is 0 Å². The first-order valence-corrected chi connectivity index (χ1v) is 19.2. The first-order chi connectivity index (χ1) is 8.54. The Balaban J connectivity index is 0. The Bertz CT molecular complexity index is 283. The number of hydrogen-bond acceptors (Lipinski definition) is 3. The van der Waals surface area contributed by atoms with Crippen molar-refractivity contribution >= 4 is 33.5 Å². The molecule has 20 heavy (non-hydrogen) atoms. The molecule has 0 saturated carbocycles. The maximum Gasteiger partial charge on any atom is 0.318 e. The van der Waals surface area contributed by atoms with E-state index in [1.54, 1.807) is 13.1 Å². The van der Waals surface area contributed by atoms with Crippen LogP contribution in [-0.4, -0.2) is 38.3 Å². The van der Waals surface area contributed by atoms with Gasteiger partial charge in [-0.2, -0.15) is 0 Å².